The number of hydrogen-bond acceptors (Lipinski definition) is 7. The highest BCUT2D eigenvalue weighted by atomic mass is 16.6. The molecule has 2 saturated carbocycles. The van der Waals surface area contributed by atoms with Crippen molar-refractivity contribution in [2.45, 2.75) is 51.4 Å². The average Bonchev–Trinajstić information content (AvgIpc) is 3.27. The van der Waals surface area contributed by atoms with Crippen molar-refractivity contribution in [3.8, 4) is 12.1 Å². The van der Waals surface area contributed by atoms with Crippen LogP contribution in [0.15, 0.2) is 0 Å². The average molecular weight is 376 g/mol. The molecule has 0 heterocycles. The molecule has 2 rings (SSSR count). The van der Waals surface area contributed by atoms with E-state index in [2.05, 4.69) is 4.74 Å². The number of nitriles is 2. The number of carbonyl (C=O) groups excluding carboxylic acids is 2. The Labute approximate surface area is 155 Å². The Morgan fingerprint density at radius 1 is 0.741 bits per heavy atom. The van der Waals surface area contributed by atoms with Crippen LogP contribution in [0.4, 0.5) is 0 Å². The van der Waals surface area contributed by atoms with Crippen molar-refractivity contribution < 1.29 is 34.1 Å². The molecule has 0 aromatic heterocycles. The van der Waals surface area contributed by atoms with Crippen LogP contribution >= 0.6 is 0 Å². The van der Waals surface area contributed by atoms with Gasteiger partial charge < -0.3 is 14.9 Å². The van der Waals surface area contributed by atoms with Gasteiger partial charge in [-0.3, -0.25) is 19.2 Å². The molecule has 2 unspecified atom stereocenters. The first kappa shape index (κ1) is 20.4. The standard InChI is InChI=1S/C18H20N2O7/c19-9-11(17(15(23)24)5-1-2-6-17)13(21)27-14(22)12(10-20)18(16(25)26)7-3-4-8-18/h11-12H,1-8H2,(H,23,24)(H,25,26). The van der Waals surface area contributed by atoms with Crippen molar-refractivity contribution in [1.82, 2.24) is 0 Å². The summed E-state index contributed by atoms with van der Waals surface area (Å²) >= 11 is 0. The van der Waals surface area contributed by atoms with Crippen LogP contribution in [0.1, 0.15) is 51.4 Å². The Kier molecular flexibility index (Phi) is 5.85. The molecule has 2 atom stereocenters. The molecule has 0 amide bonds. The molecule has 0 radical (unpaired) electrons. The SMILES string of the molecule is N#CC(C(=O)OC(=O)C(C#N)C1(C(=O)O)CCCC1)C1(C(=O)O)CCCC1. The number of hydrogen-bond donors (Lipinski definition) is 2. The lowest BCUT2D eigenvalue weighted by Crippen LogP contribution is -2.44. The summed E-state index contributed by atoms with van der Waals surface area (Å²) in [4.78, 5) is 48.2. The van der Waals surface area contributed by atoms with Gasteiger partial charge in [0.05, 0.1) is 23.0 Å². The molecule has 144 valence electrons. The van der Waals surface area contributed by atoms with Gasteiger partial charge in [0.15, 0.2) is 11.8 Å². The molecule has 9 nitrogen and oxygen atoms in total. The Morgan fingerprint density at radius 3 is 1.26 bits per heavy atom. The van der Waals surface area contributed by atoms with Gasteiger partial charge in [0.2, 0.25) is 0 Å². The van der Waals surface area contributed by atoms with Crippen LogP contribution in [0, 0.1) is 45.3 Å². The zero-order chi connectivity index (χ0) is 20.2. The first-order chi connectivity index (χ1) is 12.7. The molecule has 0 spiro atoms. The molecular weight excluding hydrogens is 356 g/mol. The topological polar surface area (TPSA) is 166 Å². The van der Waals surface area contributed by atoms with Gasteiger partial charge in [0, 0.05) is 0 Å². The predicted octanol–water partition coefficient (Wildman–Crippen LogP) is 1.63. The fourth-order valence-electron chi connectivity index (χ4n) is 4.28. The summed E-state index contributed by atoms with van der Waals surface area (Å²) in [6.45, 7) is 0. The van der Waals surface area contributed by atoms with Crippen molar-refractivity contribution >= 4 is 23.9 Å². The number of esters is 2. The quantitative estimate of drug-likeness (QED) is 0.517. The number of carboxylic acids is 2. The minimum atomic E-state index is -1.70. The summed E-state index contributed by atoms with van der Waals surface area (Å²) in [7, 11) is 0. The molecule has 0 aliphatic heterocycles. The van der Waals surface area contributed by atoms with E-state index in [1.807, 2.05) is 0 Å². The van der Waals surface area contributed by atoms with E-state index in [1.54, 1.807) is 12.1 Å². The van der Waals surface area contributed by atoms with E-state index >= 15 is 0 Å². The van der Waals surface area contributed by atoms with E-state index < -0.39 is 46.5 Å². The first-order valence-electron chi connectivity index (χ1n) is 8.77. The lowest BCUT2D eigenvalue weighted by Gasteiger charge is -2.29. The normalized spacial score (nSPS) is 22.0. The maximum Gasteiger partial charge on any atom is 0.332 e. The van der Waals surface area contributed by atoms with Crippen LogP contribution in [-0.2, 0) is 23.9 Å². The van der Waals surface area contributed by atoms with Crippen molar-refractivity contribution in [3.63, 3.8) is 0 Å². The zero-order valence-electron chi connectivity index (χ0n) is 14.6. The number of nitrogens with zero attached hydrogens (tertiary/aromatic N) is 2. The molecule has 2 fully saturated rings. The maximum atomic E-state index is 12.4. The molecule has 0 bridgehead atoms. The number of carbonyl (C=O) groups is 4. The fraction of sp³-hybridized carbons (Fsp3) is 0.667. The number of aliphatic carboxylic acids is 2. The van der Waals surface area contributed by atoms with Gasteiger partial charge in [0.1, 0.15) is 0 Å². The Morgan fingerprint density at radius 2 is 1.04 bits per heavy atom. The number of rotatable bonds is 6. The summed E-state index contributed by atoms with van der Waals surface area (Å²) in [6.07, 6.45) is 2.50. The van der Waals surface area contributed by atoms with E-state index in [4.69, 9.17) is 0 Å². The number of ether oxygens (including phenoxy) is 1. The molecule has 9 heteroatoms. The monoisotopic (exact) mass is 376 g/mol. The Balaban J connectivity index is 2.24. The van der Waals surface area contributed by atoms with Gasteiger partial charge in [-0.2, -0.15) is 10.5 Å². The van der Waals surface area contributed by atoms with E-state index in [0.29, 0.717) is 25.7 Å². The lowest BCUT2D eigenvalue weighted by molar-refractivity contribution is -0.175. The van der Waals surface area contributed by atoms with Gasteiger partial charge in [-0.05, 0) is 25.7 Å². The van der Waals surface area contributed by atoms with E-state index in [-0.39, 0.29) is 25.7 Å². The largest absolute Gasteiger partial charge is 0.481 e. The lowest BCUT2D eigenvalue weighted by atomic mass is 9.73. The van der Waals surface area contributed by atoms with Crippen LogP contribution in [0.3, 0.4) is 0 Å². The minimum absolute atomic E-state index is 0.102. The minimum Gasteiger partial charge on any atom is -0.481 e. The van der Waals surface area contributed by atoms with Gasteiger partial charge >= 0.3 is 23.9 Å². The van der Waals surface area contributed by atoms with Gasteiger partial charge in [-0.1, -0.05) is 25.7 Å². The van der Waals surface area contributed by atoms with Crippen molar-refractivity contribution in [1.29, 1.82) is 10.5 Å². The fourth-order valence-corrected chi connectivity index (χ4v) is 4.28. The van der Waals surface area contributed by atoms with Crippen LogP contribution in [-0.4, -0.2) is 34.1 Å². The third-order valence-electron chi connectivity index (χ3n) is 5.88. The summed E-state index contributed by atoms with van der Waals surface area (Å²) in [5.74, 6) is -8.72. The second kappa shape index (κ2) is 7.75. The van der Waals surface area contributed by atoms with Gasteiger partial charge in [-0.25, -0.2) is 0 Å². The molecule has 2 N–H and O–H groups in total. The van der Waals surface area contributed by atoms with Crippen LogP contribution in [0.5, 0.6) is 0 Å². The first-order valence-corrected chi connectivity index (χ1v) is 8.77. The maximum absolute atomic E-state index is 12.4. The molecule has 27 heavy (non-hydrogen) atoms. The Hall–Kier alpha value is -2.94. The highest BCUT2D eigenvalue weighted by Crippen LogP contribution is 2.47. The predicted molar refractivity (Wildman–Crippen MR) is 86.4 cm³/mol. The zero-order valence-corrected chi connectivity index (χ0v) is 14.6. The van der Waals surface area contributed by atoms with Crippen LogP contribution in [0.25, 0.3) is 0 Å². The second-order valence-corrected chi connectivity index (χ2v) is 7.20. The van der Waals surface area contributed by atoms with Crippen molar-refractivity contribution in [2.75, 3.05) is 0 Å². The molecular formula is C18H20N2O7. The third kappa shape index (κ3) is 3.37. The highest BCUT2D eigenvalue weighted by Gasteiger charge is 2.55. The van der Waals surface area contributed by atoms with Gasteiger partial charge in [0.25, 0.3) is 0 Å². The van der Waals surface area contributed by atoms with Crippen LogP contribution in [0.2, 0.25) is 0 Å². The van der Waals surface area contributed by atoms with Crippen LogP contribution < -0.4 is 0 Å². The summed E-state index contributed by atoms with van der Waals surface area (Å²) in [5, 5.41) is 37.7. The van der Waals surface area contributed by atoms with Gasteiger partial charge in [-0.15, -0.1) is 0 Å². The van der Waals surface area contributed by atoms with E-state index in [9.17, 15) is 39.9 Å². The van der Waals surface area contributed by atoms with E-state index in [0.717, 1.165) is 0 Å². The third-order valence-corrected chi connectivity index (χ3v) is 5.88. The summed E-state index contributed by atoms with van der Waals surface area (Å²) in [5.41, 5.74) is -3.27. The molecule has 0 aromatic carbocycles. The molecule has 2 aliphatic rings. The molecule has 0 saturated heterocycles. The molecule has 2 aliphatic carbocycles. The van der Waals surface area contributed by atoms with E-state index in [1.165, 1.54) is 0 Å². The summed E-state index contributed by atoms with van der Waals surface area (Å²) < 4.78 is 4.68. The van der Waals surface area contributed by atoms with Crippen molar-refractivity contribution in [3.05, 3.63) is 0 Å². The molecule has 0 aromatic rings. The van der Waals surface area contributed by atoms with Crippen molar-refractivity contribution in [2.24, 2.45) is 22.7 Å². The Bertz CT molecular complexity index is 672. The summed E-state index contributed by atoms with van der Waals surface area (Å²) in [6, 6.07) is 3.25. The highest BCUT2D eigenvalue weighted by molar-refractivity contribution is 5.96. The number of carboxylic acid groups (broad SMARTS) is 2. The smallest absolute Gasteiger partial charge is 0.332 e. The second-order valence-electron chi connectivity index (χ2n) is 7.20.